The molecule has 3 rings (SSSR count). The molecule has 2 N–H and O–H groups in total. The summed E-state index contributed by atoms with van der Waals surface area (Å²) >= 11 is 5.67. The molecule has 0 spiro atoms. The SMILES string of the molecule is C[C@@H]1[C@@H]2CN(c3nc(Cl)ncc3F)C[C@]12NC(=O)O. The molecule has 1 aliphatic heterocycles. The summed E-state index contributed by atoms with van der Waals surface area (Å²) in [5.41, 5.74) is -0.490. The van der Waals surface area contributed by atoms with Crippen LogP contribution in [-0.2, 0) is 0 Å². The fraction of sp³-hybridized carbons (Fsp3) is 0.545. The highest BCUT2D eigenvalue weighted by atomic mass is 35.5. The first-order valence-electron chi connectivity index (χ1n) is 5.88. The van der Waals surface area contributed by atoms with Crippen LogP contribution < -0.4 is 10.2 Å². The van der Waals surface area contributed by atoms with E-state index in [1.807, 2.05) is 6.92 Å². The summed E-state index contributed by atoms with van der Waals surface area (Å²) in [7, 11) is 0. The number of carbonyl (C=O) groups is 1. The summed E-state index contributed by atoms with van der Waals surface area (Å²) in [4.78, 5) is 20.0. The Bertz CT molecular complexity index is 557. The lowest BCUT2D eigenvalue weighted by molar-refractivity contribution is 0.187. The van der Waals surface area contributed by atoms with E-state index in [-0.39, 0.29) is 22.9 Å². The van der Waals surface area contributed by atoms with Gasteiger partial charge in [0.15, 0.2) is 11.6 Å². The molecule has 0 bridgehead atoms. The van der Waals surface area contributed by atoms with E-state index in [1.54, 1.807) is 4.90 Å². The highest BCUT2D eigenvalue weighted by Crippen LogP contribution is 2.55. The molecular weight excluding hydrogens is 275 g/mol. The first-order chi connectivity index (χ1) is 8.94. The van der Waals surface area contributed by atoms with E-state index in [4.69, 9.17) is 16.7 Å². The minimum atomic E-state index is -1.06. The lowest BCUT2D eigenvalue weighted by atomic mass is 10.2. The smallest absolute Gasteiger partial charge is 0.405 e. The van der Waals surface area contributed by atoms with Crippen LogP contribution in [0.3, 0.4) is 0 Å². The largest absolute Gasteiger partial charge is 0.465 e. The van der Waals surface area contributed by atoms with E-state index in [2.05, 4.69) is 15.3 Å². The third-order valence-corrected chi connectivity index (χ3v) is 4.36. The molecule has 2 fully saturated rings. The van der Waals surface area contributed by atoms with Crippen LogP contribution in [-0.4, -0.2) is 39.8 Å². The van der Waals surface area contributed by atoms with Gasteiger partial charge in [0.1, 0.15) is 0 Å². The Morgan fingerprint density at radius 2 is 2.47 bits per heavy atom. The Morgan fingerprint density at radius 3 is 3.16 bits per heavy atom. The van der Waals surface area contributed by atoms with Crippen molar-refractivity contribution in [2.45, 2.75) is 12.5 Å². The second-order valence-electron chi connectivity index (χ2n) is 5.06. The number of rotatable bonds is 2. The molecule has 1 aliphatic carbocycles. The topological polar surface area (TPSA) is 78.4 Å². The fourth-order valence-corrected chi connectivity index (χ4v) is 3.22. The van der Waals surface area contributed by atoms with Gasteiger partial charge in [-0.2, -0.15) is 4.98 Å². The molecule has 102 valence electrons. The van der Waals surface area contributed by atoms with Crippen LogP contribution in [0, 0.1) is 17.7 Å². The number of nitrogens with zero attached hydrogens (tertiary/aromatic N) is 3. The predicted molar refractivity (Wildman–Crippen MR) is 65.8 cm³/mol. The number of amides is 1. The third-order valence-electron chi connectivity index (χ3n) is 4.17. The highest BCUT2D eigenvalue weighted by Gasteiger charge is 2.68. The minimum absolute atomic E-state index is 0.0229. The van der Waals surface area contributed by atoms with E-state index in [9.17, 15) is 9.18 Å². The van der Waals surface area contributed by atoms with Crippen LogP contribution in [0.4, 0.5) is 15.0 Å². The lowest BCUT2D eigenvalue weighted by Gasteiger charge is -2.23. The van der Waals surface area contributed by atoms with Gasteiger partial charge < -0.3 is 15.3 Å². The van der Waals surface area contributed by atoms with Crippen LogP contribution in [0.1, 0.15) is 6.92 Å². The lowest BCUT2D eigenvalue weighted by Crippen LogP contribution is -2.43. The summed E-state index contributed by atoms with van der Waals surface area (Å²) < 4.78 is 13.7. The van der Waals surface area contributed by atoms with E-state index in [0.29, 0.717) is 13.1 Å². The Balaban J connectivity index is 1.84. The van der Waals surface area contributed by atoms with Gasteiger partial charge in [0.05, 0.1) is 11.7 Å². The van der Waals surface area contributed by atoms with Crippen molar-refractivity contribution in [1.29, 1.82) is 0 Å². The second-order valence-corrected chi connectivity index (χ2v) is 5.39. The summed E-state index contributed by atoms with van der Waals surface area (Å²) in [5.74, 6) is 0.00625. The van der Waals surface area contributed by atoms with Crippen molar-refractivity contribution in [3.63, 3.8) is 0 Å². The maximum Gasteiger partial charge on any atom is 0.405 e. The molecule has 0 aromatic carbocycles. The van der Waals surface area contributed by atoms with Gasteiger partial charge >= 0.3 is 6.09 Å². The maximum atomic E-state index is 13.7. The minimum Gasteiger partial charge on any atom is -0.465 e. The van der Waals surface area contributed by atoms with Crippen molar-refractivity contribution < 1.29 is 14.3 Å². The van der Waals surface area contributed by atoms with Crippen molar-refractivity contribution in [3.8, 4) is 0 Å². The van der Waals surface area contributed by atoms with Gasteiger partial charge in [-0.15, -0.1) is 0 Å². The number of hydrogen-bond acceptors (Lipinski definition) is 4. The van der Waals surface area contributed by atoms with Gasteiger partial charge in [0.2, 0.25) is 5.28 Å². The molecule has 1 aromatic rings. The Hall–Kier alpha value is -1.63. The summed E-state index contributed by atoms with van der Waals surface area (Å²) in [6.07, 6.45) is -0.0348. The standard InChI is InChI=1S/C11H12ClFN4O2/c1-5-6-3-17(4-11(5,6)16-10(18)19)8-7(13)2-14-9(12)15-8/h2,5-6,16H,3-4H2,1H3,(H,18,19)/t5-,6+,11+/m1/s1. The molecule has 1 amide bonds. The van der Waals surface area contributed by atoms with E-state index < -0.39 is 17.4 Å². The van der Waals surface area contributed by atoms with Gasteiger partial charge in [-0.1, -0.05) is 6.92 Å². The van der Waals surface area contributed by atoms with E-state index in [1.165, 1.54) is 0 Å². The number of fused-ring (bicyclic) bond motifs is 1. The molecule has 1 aromatic heterocycles. The fourth-order valence-electron chi connectivity index (χ4n) is 3.09. The van der Waals surface area contributed by atoms with Crippen LogP contribution >= 0.6 is 11.6 Å². The zero-order chi connectivity index (χ0) is 13.8. The number of halogens is 2. The number of nitrogens with one attached hydrogen (secondary N) is 1. The zero-order valence-corrected chi connectivity index (χ0v) is 10.9. The summed E-state index contributed by atoms with van der Waals surface area (Å²) in [6, 6.07) is 0. The van der Waals surface area contributed by atoms with Crippen molar-refractivity contribution in [1.82, 2.24) is 15.3 Å². The van der Waals surface area contributed by atoms with Gasteiger partial charge in [-0.05, 0) is 17.5 Å². The molecule has 3 atom stereocenters. The average Bonchev–Trinajstić information content (AvgIpc) is 2.72. The molecule has 8 heteroatoms. The van der Waals surface area contributed by atoms with Crippen molar-refractivity contribution in [2.75, 3.05) is 18.0 Å². The van der Waals surface area contributed by atoms with Crippen LogP contribution in [0.15, 0.2) is 6.20 Å². The molecule has 0 unspecified atom stereocenters. The molecule has 1 saturated carbocycles. The third kappa shape index (κ3) is 1.80. The van der Waals surface area contributed by atoms with Gasteiger partial charge in [-0.3, -0.25) is 0 Å². The van der Waals surface area contributed by atoms with Crippen LogP contribution in [0.5, 0.6) is 0 Å². The molecule has 6 nitrogen and oxygen atoms in total. The number of aromatic nitrogens is 2. The Labute approximate surface area is 113 Å². The number of piperidine rings is 1. The first-order valence-corrected chi connectivity index (χ1v) is 6.26. The quantitative estimate of drug-likeness (QED) is 0.803. The number of carboxylic acid groups (broad SMARTS) is 1. The maximum absolute atomic E-state index is 13.7. The van der Waals surface area contributed by atoms with Crippen LogP contribution in [0.25, 0.3) is 0 Å². The van der Waals surface area contributed by atoms with Crippen molar-refractivity contribution in [2.24, 2.45) is 11.8 Å². The van der Waals surface area contributed by atoms with Crippen molar-refractivity contribution >= 4 is 23.5 Å². The first kappa shape index (κ1) is 12.4. The Morgan fingerprint density at radius 1 is 1.74 bits per heavy atom. The summed E-state index contributed by atoms with van der Waals surface area (Å²) in [5, 5.41) is 11.4. The van der Waals surface area contributed by atoms with E-state index >= 15 is 0 Å². The molecule has 2 heterocycles. The molecular formula is C11H12ClFN4O2. The average molecular weight is 287 g/mol. The molecule has 19 heavy (non-hydrogen) atoms. The van der Waals surface area contributed by atoms with Crippen LogP contribution in [0.2, 0.25) is 5.28 Å². The highest BCUT2D eigenvalue weighted by molar-refractivity contribution is 6.28. The van der Waals surface area contributed by atoms with Crippen molar-refractivity contribution in [3.05, 3.63) is 17.3 Å². The van der Waals surface area contributed by atoms with Gasteiger partial charge in [0.25, 0.3) is 0 Å². The molecule has 0 radical (unpaired) electrons. The summed E-state index contributed by atoms with van der Waals surface area (Å²) in [6.45, 7) is 2.95. The molecule has 1 saturated heterocycles. The number of anilines is 1. The number of hydrogen-bond donors (Lipinski definition) is 2. The Kier molecular flexibility index (Phi) is 2.57. The van der Waals surface area contributed by atoms with Gasteiger partial charge in [-0.25, -0.2) is 14.2 Å². The van der Waals surface area contributed by atoms with Gasteiger partial charge in [0, 0.05) is 19.0 Å². The van der Waals surface area contributed by atoms with E-state index in [0.717, 1.165) is 6.20 Å². The zero-order valence-electron chi connectivity index (χ0n) is 10.1. The monoisotopic (exact) mass is 286 g/mol. The predicted octanol–water partition coefficient (Wildman–Crippen LogP) is 1.36. The second kappa shape index (κ2) is 3.93. The molecule has 2 aliphatic rings. The normalized spacial score (nSPS) is 32.1.